The number of methoxy groups -OCH3 is 1. The fourth-order valence-electron chi connectivity index (χ4n) is 2.34. The maximum absolute atomic E-state index is 12.3. The first-order valence-electron chi connectivity index (χ1n) is 9.19. The van der Waals surface area contributed by atoms with E-state index >= 15 is 0 Å². The van der Waals surface area contributed by atoms with Crippen LogP contribution in [0.3, 0.4) is 0 Å². The van der Waals surface area contributed by atoms with Gasteiger partial charge >= 0.3 is 0 Å². The number of hydrogen-bond acceptors (Lipinski definition) is 4. The van der Waals surface area contributed by atoms with Crippen LogP contribution in [0.5, 0.6) is 11.5 Å². The molecule has 2 aromatic carbocycles. The molecule has 0 bridgehead atoms. The molecule has 28 heavy (non-hydrogen) atoms. The van der Waals surface area contributed by atoms with Crippen LogP contribution in [0.15, 0.2) is 48.5 Å². The number of nitrogens with one attached hydrogen (secondary N) is 2. The molecule has 2 N–H and O–H groups in total. The lowest BCUT2D eigenvalue weighted by Crippen LogP contribution is -2.40. The van der Waals surface area contributed by atoms with Crippen molar-refractivity contribution in [1.29, 1.82) is 0 Å². The first-order chi connectivity index (χ1) is 13.5. The summed E-state index contributed by atoms with van der Waals surface area (Å²) in [5.74, 6) is 0.169. The van der Waals surface area contributed by atoms with Gasteiger partial charge in [-0.3, -0.25) is 20.4 Å². The van der Waals surface area contributed by atoms with Crippen molar-refractivity contribution in [2.24, 2.45) is 0 Å². The van der Waals surface area contributed by atoms with Crippen LogP contribution in [0.2, 0.25) is 0 Å². The van der Waals surface area contributed by atoms with Gasteiger partial charge in [0.15, 0.2) is 11.5 Å². The molecule has 0 aliphatic rings. The average molecular weight is 382 g/mol. The maximum atomic E-state index is 12.3. The van der Waals surface area contributed by atoms with Gasteiger partial charge in [-0.15, -0.1) is 0 Å². The highest BCUT2D eigenvalue weighted by molar-refractivity contribution is 5.98. The zero-order chi connectivity index (χ0) is 20.4. The van der Waals surface area contributed by atoms with Crippen molar-refractivity contribution < 1.29 is 19.1 Å². The van der Waals surface area contributed by atoms with Gasteiger partial charge in [0.2, 0.25) is 0 Å². The van der Waals surface area contributed by atoms with Crippen LogP contribution < -0.4 is 20.3 Å². The molecule has 0 unspecified atom stereocenters. The minimum absolute atomic E-state index is 0.350. The van der Waals surface area contributed by atoms with Gasteiger partial charge in [0, 0.05) is 11.6 Å². The first-order valence-corrected chi connectivity index (χ1v) is 9.19. The van der Waals surface area contributed by atoms with Crippen molar-refractivity contribution in [2.45, 2.75) is 26.7 Å². The van der Waals surface area contributed by atoms with Gasteiger partial charge in [0.25, 0.3) is 11.8 Å². The summed E-state index contributed by atoms with van der Waals surface area (Å²) in [5, 5.41) is 0. The molecular formula is C22H26N2O4. The highest BCUT2D eigenvalue weighted by Crippen LogP contribution is 2.28. The maximum Gasteiger partial charge on any atom is 0.269 e. The molecule has 0 aliphatic heterocycles. The third-order valence-corrected chi connectivity index (χ3v) is 3.99. The lowest BCUT2D eigenvalue weighted by atomic mass is 10.1. The summed E-state index contributed by atoms with van der Waals surface area (Å²) in [6.07, 6.45) is 5.00. The van der Waals surface area contributed by atoms with Gasteiger partial charge in [-0.25, -0.2) is 0 Å². The van der Waals surface area contributed by atoms with E-state index in [0.717, 1.165) is 24.0 Å². The quantitative estimate of drug-likeness (QED) is 0.415. The third-order valence-electron chi connectivity index (χ3n) is 3.99. The van der Waals surface area contributed by atoms with Crippen molar-refractivity contribution in [3.05, 3.63) is 65.2 Å². The van der Waals surface area contributed by atoms with E-state index in [9.17, 15) is 9.59 Å². The molecule has 0 aromatic heterocycles. The number of ether oxygens (including phenoxy) is 2. The highest BCUT2D eigenvalue weighted by Gasteiger charge is 2.11. The van der Waals surface area contributed by atoms with Crippen LogP contribution in [0, 0.1) is 6.92 Å². The van der Waals surface area contributed by atoms with Crippen molar-refractivity contribution in [3.63, 3.8) is 0 Å². The van der Waals surface area contributed by atoms with E-state index in [0.29, 0.717) is 23.7 Å². The van der Waals surface area contributed by atoms with Crippen LogP contribution >= 0.6 is 0 Å². The molecule has 0 aliphatic carbocycles. The summed E-state index contributed by atoms with van der Waals surface area (Å²) >= 11 is 0. The number of aryl methyl sites for hydroxylation is 1. The lowest BCUT2D eigenvalue weighted by Gasteiger charge is -2.12. The fraction of sp³-hybridized carbons (Fsp3) is 0.273. The number of unbranched alkanes of at least 4 members (excludes halogenated alkanes) is 1. The summed E-state index contributed by atoms with van der Waals surface area (Å²) in [4.78, 5) is 24.1. The number of hydrogen-bond donors (Lipinski definition) is 2. The van der Waals surface area contributed by atoms with Crippen molar-refractivity contribution >= 4 is 17.9 Å². The van der Waals surface area contributed by atoms with E-state index in [1.165, 1.54) is 13.2 Å². The third kappa shape index (κ3) is 6.46. The molecule has 2 rings (SSSR count). The molecular weight excluding hydrogens is 356 g/mol. The SMILES string of the molecule is CCCCOc1ccc(C(=O)NNC(=O)/C=C/c2ccc(C)cc2)cc1OC. The lowest BCUT2D eigenvalue weighted by molar-refractivity contribution is -0.117. The minimum Gasteiger partial charge on any atom is -0.493 e. The standard InChI is InChI=1S/C22H26N2O4/c1-4-5-14-28-19-12-11-18(15-20(19)27-3)22(26)24-23-21(25)13-10-17-8-6-16(2)7-9-17/h6-13,15H,4-5,14H2,1-3H3,(H,23,25)(H,24,26)/b13-10+. The van der Waals surface area contributed by atoms with E-state index in [4.69, 9.17) is 9.47 Å². The normalized spacial score (nSPS) is 10.5. The van der Waals surface area contributed by atoms with Crippen LogP contribution in [0.4, 0.5) is 0 Å². The number of benzene rings is 2. The largest absolute Gasteiger partial charge is 0.493 e. The monoisotopic (exact) mass is 382 g/mol. The molecule has 0 spiro atoms. The molecule has 0 atom stereocenters. The fourth-order valence-corrected chi connectivity index (χ4v) is 2.34. The highest BCUT2D eigenvalue weighted by atomic mass is 16.5. The number of carbonyl (C=O) groups is 2. The second-order valence-electron chi connectivity index (χ2n) is 6.26. The van der Waals surface area contributed by atoms with Gasteiger partial charge in [0.05, 0.1) is 13.7 Å². The van der Waals surface area contributed by atoms with Gasteiger partial charge in [0.1, 0.15) is 0 Å². The summed E-state index contributed by atoms with van der Waals surface area (Å²) in [7, 11) is 1.52. The van der Waals surface area contributed by atoms with Gasteiger partial charge in [-0.1, -0.05) is 43.2 Å². The van der Waals surface area contributed by atoms with Crippen LogP contribution in [-0.4, -0.2) is 25.5 Å². The second-order valence-corrected chi connectivity index (χ2v) is 6.26. The Morgan fingerprint density at radius 2 is 1.79 bits per heavy atom. The topological polar surface area (TPSA) is 76.7 Å². The minimum atomic E-state index is -0.449. The summed E-state index contributed by atoms with van der Waals surface area (Å²) in [6, 6.07) is 12.6. The van der Waals surface area contributed by atoms with Crippen LogP contribution in [0.1, 0.15) is 41.3 Å². The van der Waals surface area contributed by atoms with Gasteiger partial charge < -0.3 is 9.47 Å². The smallest absolute Gasteiger partial charge is 0.269 e. The Bertz CT molecular complexity index is 829. The summed E-state index contributed by atoms with van der Waals surface area (Å²) < 4.78 is 10.9. The van der Waals surface area contributed by atoms with Crippen molar-refractivity contribution in [1.82, 2.24) is 10.9 Å². The molecule has 0 radical (unpaired) electrons. The predicted molar refractivity (Wildman–Crippen MR) is 109 cm³/mol. The molecule has 6 nitrogen and oxygen atoms in total. The number of hydrazine groups is 1. The molecule has 148 valence electrons. The number of carbonyl (C=O) groups excluding carboxylic acids is 2. The molecule has 0 fully saturated rings. The van der Waals surface area contributed by atoms with Gasteiger partial charge in [-0.2, -0.15) is 0 Å². The molecule has 0 heterocycles. The molecule has 2 aromatic rings. The number of rotatable bonds is 8. The van der Waals surface area contributed by atoms with E-state index in [-0.39, 0.29) is 0 Å². The Morgan fingerprint density at radius 3 is 2.46 bits per heavy atom. The van der Waals surface area contributed by atoms with Gasteiger partial charge in [-0.05, 0) is 43.2 Å². The zero-order valence-corrected chi connectivity index (χ0v) is 16.5. The van der Waals surface area contributed by atoms with E-state index < -0.39 is 11.8 Å². The Kier molecular flexibility index (Phi) is 8.09. The van der Waals surface area contributed by atoms with E-state index in [1.54, 1.807) is 24.3 Å². The molecule has 0 saturated heterocycles. The Morgan fingerprint density at radius 1 is 1.04 bits per heavy atom. The second kappa shape index (κ2) is 10.8. The Hall–Kier alpha value is -3.28. The predicted octanol–water partition coefficient (Wildman–Crippen LogP) is 3.66. The van der Waals surface area contributed by atoms with Crippen molar-refractivity contribution in [3.8, 4) is 11.5 Å². The van der Waals surface area contributed by atoms with E-state index in [2.05, 4.69) is 17.8 Å². The zero-order valence-electron chi connectivity index (χ0n) is 16.5. The van der Waals surface area contributed by atoms with Crippen LogP contribution in [-0.2, 0) is 4.79 Å². The Labute approximate surface area is 165 Å². The molecule has 0 saturated carbocycles. The van der Waals surface area contributed by atoms with Crippen molar-refractivity contribution in [2.75, 3.05) is 13.7 Å². The Balaban J connectivity index is 1.91. The molecule has 2 amide bonds. The first kappa shape index (κ1) is 21.0. The summed E-state index contributed by atoms with van der Waals surface area (Å²) in [5.41, 5.74) is 7.13. The van der Waals surface area contributed by atoms with E-state index in [1.807, 2.05) is 31.2 Å². The van der Waals surface area contributed by atoms with Crippen LogP contribution in [0.25, 0.3) is 6.08 Å². The number of amides is 2. The summed E-state index contributed by atoms with van der Waals surface area (Å²) in [6.45, 7) is 4.66. The average Bonchev–Trinajstić information content (AvgIpc) is 2.71. The molecule has 6 heteroatoms.